The van der Waals surface area contributed by atoms with Crippen LogP contribution < -0.4 is 0 Å². The summed E-state index contributed by atoms with van der Waals surface area (Å²) in [7, 11) is -3.73. The van der Waals surface area contributed by atoms with E-state index in [4.69, 9.17) is 0 Å². The van der Waals surface area contributed by atoms with Crippen molar-refractivity contribution in [3.8, 4) is 0 Å². The third-order valence-electron chi connectivity index (χ3n) is 6.62. The molecule has 33 heavy (non-hydrogen) atoms. The molecule has 1 aliphatic carbocycles. The van der Waals surface area contributed by atoms with Gasteiger partial charge in [0.15, 0.2) is 5.78 Å². The predicted molar refractivity (Wildman–Crippen MR) is 126 cm³/mol. The largest absolute Gasteiger partial charge is 0.294 e. The quantitative estimate of drug-likeness (QED) is 0.312. The predicted octanol–water partition coefficient (Wildman–Crippen LogP) is 4.90. The Balaban J connectivity index is 1.78. The van der Waals surface area contributed by atoms with E-state index in [9.17, 15) is 23.3 Å². The molecule has 4 rings (SSSR count). The fourth-order valence-electron chi connectivity index (χ4n) is 4.98. The number of nitro groups is 1. The van der Waals surface area contributed by atoms with Crippen molar-refractivity contribution in [2.24, 2.45) is 5.92 Å². The molecule has 1 fully saturated rings. The van der Waals surface area contributed by atoms with Gasteiger partial charge in [0.25, 0.3) is 5.69 Å². The first-order chi connectivity index (χ1) is 15.7. The van der Waals surface area contributed by atoms with Gasteiger partial charge in [-0.25, -0.2) is 8.42 Å². The Morgan fingerprint density at radius 1 is 1.06 bits per heavy atom. The molecule has 0 N–H and O–H groups in total. The van der Waals surface area contributed by atoms with E-state index in [-0.39, 0.29) is 41.3 Å². The molecule has 2 aromatic carbocycles. The molecule has 7 nitrogen and oxygen atoms in total. The van der Waals surface area contributed by atoms with Crippen LogP contribution in [0.5, 0.6) is 0 Å². The van der Waals surface area contributed by atoms with Crippen LogP contribution in [0.15, 0.2) is 59.0 Å². The van der Waals surface area contributed by atoms with Crippen molar-refractivity contribution in [1.82, 2.24) is 4.31 Å². The number of unbranched alkanes of at least 4 members (excludes halogenated alkanes) is 2. The zero-order valence-electron chi connectivity index (χ0n) is 18.9. The molecule has 174 valence electrons. The van der Waals surface area contributed by atoms with Gasteiger partial charge >= 0.3 is 0 Å². The molecule has 2 aliphatic rings. The highest BCUT2D eigenvalue weighted by Crippen LogP contribution is 2.47. The Labute approximate surface area is 194 Å². The second-order valence-electron chi connectivity index (χ2n) is 8.86. The van der Waals surface area contributed by atoms with Crippen LogP contribution in [0.2, 0.25) is 0 Å². The number of aryl methyl sites for hydroxylation is 1. The van der Waals surface area contributed by atoms with Gasteiger partial charge in [-0.05, 0) is 48.7 Å². The first-order valence-electron chi connectivity index (χ1n) is 11.3. The second-order valence-corrected chi connectivity index (χ2v) is 10.7. The van der Waals surface area contributed by atoms with Crippen molar-refractivity contribution >= 4 is 27.1 Å². The number of allylic oxidation sites excluding steroid dienone is 1. The molecule has 0 saturated carbocycles. The van der Waals surface area contributed by atoms with E-state index >= 15 is 0 Å². The highest BCUT2D eigenvalue weighted by Gasteiger charge is 2.49. The van der Waals surface area contributed by atoms with Crippen molar-refractivity contribution in [2.75, 3.05) is 6.54 Å². The third-order valence-corrected chi connectivity index (χ3v) is 8.51. The number of ketones is 1. The lowest BCUT2D eigenvalue weighted by Gasteiger charge is -2.26. The molecule has 0 radical (unpaired) electrons. The fourth-order valence-corrected chi connectivity index (χ4v) is 6.66. The van der Waals surface area contributed by atoms with E-state index in [1.54, 1.807) is 40.7 Å². The first kappa shape index (κ1) is 23.3. The third kappa shape index (κ3) is 4.37. The van der Waals surface area contributed by atoms with Crippen LogP contribution >= 0.6 is 0 Å². The highest BCUT2D eigenvalue weighted by atomic mass is 32.2. The Hall–Kier alpha value is -2.84. The summed E-state index contributed by atoms with van der Waals surface area (Å²) >= 11 is 0. The summed E-state index contributed by atoms with van der Waals surface area (Å²) in [6, 6.07) is 12.5. The van der Waals surface area contributed by atoms with Gasteiger partial charge in [-0.3, -0.25) is 14.9 Å². The number of benzene rings is 2. The first-order valence-corrected chi connectivity index (χ1v) is 12.8. The van der Waals surface area contributed by atoms with Crippen LogP contribution in [-0.4, -0.2) is 36.0 Å². The topological polar surface area (TPSA) is 97.6 Å². The molecule has 0 spiro atoms. The van der Waals surface area contributed by atoms with Gasteiger partial charge in [-0.15, -0.1) is 0 Å². The molecule has 0 aromatic heterocycles. The van der Waals surface area contributed by atoms with Crippen LogP contribution in [-0.2, 0) is 14.8 Å². The maximum Gasteiger partial charge on any atom is 0.269 e. The normalized spacial score (nSPS) is 21.0. The molecule has 2 aromatic rings. The van der Waals surface area contributed by atoms with Gasteiger partial charge in [0.1, 0.15) is 0 Å². The van der Waals surface area contributed by atoms with Gasteiger partial charge in [0.05, 0.1) is 9.82 Å². The minimum absolute atomic E-state index is 0.0169. The minimum atomic E-state index is -3.73. The Morgan fingerprint density at radius 2 is 1.73 bits per heavy atom. The van der Waals surface area contributed by atoms with Crippen LogP contribution in [0.3, 0.4) is 0 Å². The summed E-state index contributed by atoms with van der Waals surface area (Å²) < 4.78 is 28.8. The summed E-state index contributed by atoms with van der Waals surface area (Å²) in [6.45, 7) is 4.29. The summed E-state index contributed by atoms with van der Waals surface area (Å²) in [5, 5.41) is 11.0. The Bertz CT molecular complexity index is 1200. The summed E-state index contributed by atoms with van der Waals surface area (Å²) in [6.07, 6.45) is 3.77. The van der Waals surface area contributed by atoms with Crippen molar-refractivity contribution in [2.45, 2.75) is 56.9 Å². The van der Waals surface area contributed by atoms with Gasteiger partial charge in [-0.2, -0.15) is 4.31 Å². The second kappa shape index (κ2) is 9.19. The maximum absolute atomic E-state index is 13.6. The monoisotopic (exact) mass is 468 g/mol. The number of rotatable bonds is 8. The number of carbonyl (C=O) groups is 1. The number of non-ortho nitro benzene ring substituents is 1. The van der Waals surface area contributed by atoms with Gasteiger partial charge < -0.3 is 0 Å². The summed E-state index contributed by atoms with van der Waals surface area (Å²) in [5.41, 5.74) is 2.98. The van der Waals surface area contributed by atoms with Crippen molar-refractivity contribution in [3.05, 3.63) is 75.3 Å². The number of hydrogen-bond donors (Lipinski definition) is 0. The van der Waals surface area contributed by atoms with Gasteiger partial charge in [0.2, 0.25) is 10.0 Å². The zero-order chi connectivity index (χ0) is 23.8. The summed E-state index contributed by atoms with van der Waals surface area (Å²) in [5.74, 6) is -0.175. The lowest BCUT2D eigenvalue weighted by Crippen LogP contribution is -2.37. The lowest BCUT2D eigenvalue weighted by atomic mass is 9.92. The van der Waals surface area contributed by atoms with E-state index < -0.39 is 14.9 Å². The lowest BCUT2D eigenvalue weighted by molar-refractivity contribution is -0.384. The van der Waals surface area contributed by atoms with Crippen LogP contribution in [0, 0.1) is 23.0 Å². The van der Waals surface area contributed by atoms with Crippen molar-refractivity contribution in [1.29, 1.82) is 0 Å². The molecule has 2 atom stereocenters. The molecular formula is C25H28N2O5S. The number of Topliss-reactive ketones (excluding diaryl/α,β-unsaturated/α-hetero) is 1. The number of hydrogen-bond acceptors (Lipinski definition) is 5. The average Bonchev–Trinajstić information content (AvgIpc) is 3.29. The number of nitrogens with zero attached hydrogens (tertiary/aromatic N) is 2. The smallest absolute Gasteiger partial charge is 0.269 e. The number of sulfonamides is 1. The number of fused-ring (bicyclic) bond motifs is 1. The van der Waals surface area contributed by atoms with Crippen LogP contribution in [0.1, 0.15) is 50.2 Å². The van der Waals surface area contributed by atoms with Crippen molar-refractivity contribution in [3.63, 3.8) is 0 Å². The van der Waals surface area contributed by atoms with Crippen LogP contribution in [0.25, 0.3) is 5.57 Å². The van der Waals surface area contributed by atoms with Crippen molar-refractivity contribution < 1.29 is 18.1 Å². The molecule has 0 bridgehead atoms. The molecule has 1 saturated heterocycles. The fraction of sp³-hybridized carbons (Fsp3) is 0.400. The van der Waals surface area contributed by atoms with E-state index in [0.29, 0.717) is 17.6 Å². The highest BCUT2D eigenvalue weighted by molar-refractivity contribution is 7.89. The van der Waals surface area contributed by atoms with E-state index in [0.717, 1.165) is 30.4 Å². The zero-order valence-corrected chi connectivity index (χ0v) is 19.7. The molecule has 1 aliphatic heterocycles. The van der Waals surface area contributed by atoms with Gasteiger partial charge in [-0.1, -0.05) is 43.9 Å². The van der Waals surface area contributed by atoms with Crippen LogP contribution in [0.4, 0.5) is 5.69 Å². The average molecular weight is 469 g/mol. The van der Waals surface area contributed by atoms with E-state index in [2.05, 4.69) is 6.92 Å². The molecule has 8 heteroatoms. The van der Waals surface area contributed by atoms with Gasteiger partial charge in [0, 0.05) is 42.6 Å². The van der Waals surface area contributed by atoms with E-state index in [1.165, 1.54) is 12.1 Å². The summed E-state index contributed by atoms with van der Waals surface area (Å²) in [4.78, 5) is 23.8. The molecular weight excluding hydrogens is 440 g/mol. The maximum atomic E-state index is 13.6. The standard InChI is InChI=1S/C25H28N2O5S/c1-3-4-5-6-22-24-19(16-26(22)33(31,32)21-13-7-17(2)8-14-21)15-23(28)25(24)18-9-11-20(12-10-18)27(29)30/h7-14,19,22H,3-6,15-16H2,1-2H3/t19-,22-/m1/s1. The molecule has 1 heterocycles. The Kier molecular flexibility index (Phi) is 6.50. The SMILES string of the molecule is CCCCC[C@@H]1C2=C(c3ccc([N+](=O)[O-])cc3)C(=O)C[C@@H]2CN1S(=O)(=O)c1ccc(C)cc1. The molecule has 0 unspecified atom stereocenters. The number of carbonyl (C=O) groups excluding carboxylic acids is 1. The number of nitro benzene ring substituents is 1. The Morgan fingerprint density at radius 3 is 2.33 bits per heavy atom. The van der Waals surface area contributed by atoms with E-state index in [1.807, 2.05) is 6.92 Å². The molecule has 0 amide bonds. The minimum Gasteiger partial charge on any atom is -0.294 e.